The molecule has 1 aliphatic carbocycles. The van der Waals surface area contributed by atoms with Crippen LogP contribution in [0.4, 0.5) is 0 Å². The molecule has 0 bridgehead atoms. The summed E-state index contributed by atoms with van der Waals surface area (Å²) in [6, 6.07) is 15.0. The SMILES string of the molecule is CCOC[C@H](O)CN(Cc1c(C)nn(-c2cccc(Cl)c2)c1Oc1ccc(OC)cc1)CC1CC1. The van der Waals surface area contributed by atoms with Crippen LogP contribution < -0.4 is 9.47 Å². The molecule has 0 spiro atoms. The van der Waals surface area contributed by atoms with Crippen LogP contribution in [0.25, 0.3) is 5.69 Å². The first-order valence-electron chi connectivity index (χ1n) is 12.1. The monoisotopic (exact) mass is 499 g/mol. The van der Waals surface area contributed by atoms with Gasteiger partial charge in [0.05, 0.1) is 36.8 Å². The third kappa shape index (κ3) is 6.98. The average Bonchev–Trinajstić information content (AvgIpc) is 3.62. The van der Waals surface area contributed by atoms with Crippen LogP contribution in [0.3, 0.4) is 0 Å². The largest absolute Gasteiger partial charge is 0.497 e. The number of hydrogen-bond acceptors (Lipinski definition) is 6. The van der Waals surface area contributed by atoms with Gasteiger partial charge in [-0.1, -0.05) is 17.7 Å². The molecule has 1 fully saturated rings. The summed E-state index contributed by atoms with van der Waals surface area (Å²) in [7, 11) is 1.64. The van der Waals surface area contributed by atoms with Crippen LogP contribution in [0.2, 0.25) is 5.02 Å². The van der Waals surface area contributed by atoms with Gasteiger partial charge in [-0.3, -0.25) is 4.90 Å². The van der Waals surface area contributed by atoms with Crippen LogP contribution in [0.15, 0.2) is 48.5 Å². The molecular formula is C27H34ClN3O4. The molecule has 0 aliphatic heterocycles. The lowest BCUT2D eigenvalue weighted by Crippen LogP contribution is -2.36. The van der Waals surface area contributed by atoms with Crippen molar-refractivity contribution in [2.45, 2.75) is 39.3 Å². The number of ether oxygens (including phenoxy) is 3. The molecule has 0 unspecified atom stereocenters. The number of hydrogen-bond donors (Lipinski definition) is 1. The highest BCUT2D eigenvalue weighted by molar-refractivity contribution is 6.30. The van der Waals surface area contributed by atoms with E-state index < -0.39 is 6.10 Å². The van der Waals surface area contributed by atoms with Crippen LogP contribution in [-0.2, 0) is 11.3 Å². The molecule has 4 rings (SSSR count). The second-order valence-electron chi connectivity index (χ2n) is 8.99. The molecule has 2 aromatic carbocycles. The number of aliphatic hydroxyl groups excluding tert-OH is 1. The second kappa shape index (κ2) is 11.9. The van der Waals surface area contributed by atoms with E-state index >= 15 is 0 Å². The molecule has 1 saturated carbocycles. The van der Waals surface area contributed by atoms with Crippen molar-refractivity contribution in [2.24, 2.45) is 5.92 Å². The quantitative estimate of drug-likeness (QED) is 0.346. The van der Waals surface area contributed by atoms with E-state index in [1.807, 2.05) is 62.4 Å². The Kier molecular flexibility index (Phi) is 8.68. The molecule has 0 saturated heterocycles. The number of halogens is 1. The summed E-state index contributed by atoms with van der Waals surface area (Å²) >= 11 is 6.29. The maximum atomic E-state index is 10.6. The number of rotatable bonds is 13. The van der Waals surface area contributed by atoms with Crippen LogP contribution in [0.1, 0.15) is 31.0 Å². The predicted molar refractivity (Wildman–Crippen MR) is 137 cm³/mol. The molecule has 1 atom stereocenters. The Balaban J connectivity index is 1.66. The molecule has 0 amide bonds. The lowest BCUT2D eigenvalue weighted by atomic mass is 10.2. The van der Waals surface area contributed by atoms with Gasteiger partial charge in [0.2, 0.25) is 5.88 Å². The third-order valence-corrected chi connectivity index (χ3v) is 6.28. The Morgan fingerprint density at radius 2 is 1.91 bits per heavy atom. The molecule has 0 radical (unpaired) electrons. The van der Waals surface area contributed by atoms with Crippen molar-refractivity contribution in [2.75, 3.05) is 33.4 Å². The first-order valence-corrected chi connectivity index (χ1v) is 12.5. The minimum atomic E-state index is -0.553. The molecular weight excluding hydrogens is 466 g/mol. The van der Waals surface area contributed by atoms with E-state index in [9.17, 15) is 5.11 Å². The van der Waals surface area contributed by atoms with Crippen molar-refractivity contribution in [1.29, 1.82) is 0 Å². The van der Waals surface area contributed by atoms with Gasteiger partial charge in [0.15, 0.2) is 0 Å². The summed E-state index contributed by atoms with van der Waals surface area (Å²) in [6.07, 6.45) is 1.91. The summed E-state index contributed by atoms with van der Waals surface area (Å²) in [4.78, 5) is 2.29. The van der Waals surface area contributed by atoms with Crippen LogP contribution in [-0.4, -0.2) is 59.3 Å². The van der Waals surface area contributed by atoms with Gasteiger partial charge in [0.25, 0.3) is 0 Å². The van der Waals surface area contributed by atoms with Crippen LogP contribution in [0, 0.1) is 12.8 Å². The number of nitrogens with zero attached hydrogens (tertiary/aromatic N) is 3. The van der Waals surface area contributed by atoms with Crippen molar-refractivity contribution < 1.29 is 19.3 Å². The van der Waals surface area contributed by atoms with E-state index in [0.717, 1.165) is 29.2 Å². The van der Waals surface area contributed by atoms with Gasteiger partial charge in [0, 0.05) is 31.3 Å². The molecule has 1 aliphatic rings. The normalized spacial score (nSPS) is 14.3. The second-order valence-corrected chi connectivity index (χ2v) is 9.43. The molecule has 3 aromatic rings. The summed E-state index contributed by atoms with van der Waals surface area (Å²) in [5.41, 5.74) is 2.67. The van der Waals surface area contributed by atoms with Crippen molar-refractivity contribution in [3.8, 4) is 23.1 Å². The van der Waals surface area contributed by atoms with Gasteiger partial charge in [-0.25, -0.2) is 4.68 Å². The lowest BCUT2D eigenvalue weighted by molar-refractivity contribution is 0.0186. The number of benzene rings is 2. The fraction of sp³-hybridized carbons (Fsp3) is 0.444. The Morgan fingerprint density at radius 1 is 1.17 bits per heavy atom. The number of methoxy groups -OCH3 is 1. The minimum Gasteiger partial charge on any atom is -0.497 e. The molecule has 35 heavy (non-hydrogen) atoms. The summed E-state index contributed by atoms with van der Waals surface area (Å²) < 4.78 is 19.0. The van der Waals surface area contributed by atoms with E-state index in [4.69, 9.17) is 30.9 Å². The third-order valence-electron chi connectivity index (χ3n) is 6.04. The summed E-state index contributed by atoms with van der Waals surface area (Å²) in [5, 5.41) is 16.0. The van der Waals surface area contributed by atoms with Gasteiger partial charge in [-0.2, -0.15) is 5.10 Å². The summed E-state index contributed by atoms with van der Waals surface area (Å²) in [6.45, 7) is 6.90. The highest BCUT2D eigenvalue weighted by Crippen LogP contribution is 2.35. The van der Waals surface area contributed by atoms with Gasteiger partial charge < -0.3 is 19.3 Å². The van der Waals surface area contributed by atoms with Gasteiger partial charge in [-0.05, 0) is 75.1 Å². The predicted octanol–water partition coefficient (Wildman–Crippen LogP) is 5.24. The standard InChI is InChI=1S/C27H34ClN3O4/c1-4-34-18-23(32)16-30(15-20-8-9-20)17-26-19(2)29-31(22-7-5-6-21(28)14-22)27(26)35-25-12-10-24(33-3)11-13-25/h5-7,10-14,20,23,32H,4,8-9,15-18H2,1-3H3/t23-/m1/s1. The Labute approximate surface area is 212 Å². The molecule has 1 heterocycles. The lowest BCUT2D eigenvalue weighted by Gasteiger charge is -2.25. The highest BCUT2D eigenvalue weighted by atomic mass is 35.5. The maximum absolute atomic E-state index is 10.6. The smallest absolute Gasteiger partial charge is 0.227 e. The van der Waals surface area contributed by atoms with Crippen molar-refractivity contribution >= 4 is 11.6 Å². The first kappa shape index (κ1) is 25.5. The van der Waals surface area contributed by atoms with Crippen molar-refractivity contribution in [1.82, 2.24) is 14.7 Å². The zero-order chi connectivity index (χ0) is 24.8. The fourth-order valence-electron chi connectivity index (χ4n) is 4.06. The van der Waals surface area contributed by atoms with Crippen LogP contribution >= 0.6 is 11.6 Å². The minimum absolute atomic E-state index is 0.327. The topological polar surface area (TPSA) is 69.0 Å². The van der Waals surface area contributed by atoms with Gasteiger partial charge in [-0.15, -0.1) is 0 Å². The highest BCUT2D eigenvalue weighted by Gasteiger charge is 2.28. The first-order chi connectivity index (χ1) is 17.0. The zero-order valence-electron chi connectivity index (χ0n) is 20.6. The number of aryl methyl sites for hydroxylation is 1. The van der Waals surface area contributed by atoms with Gasteiger partial charge in [0.1, 0.15) is 11.5 Å². The maximum Gasteiger partial charge on any atom is 0.227 e. The van der Waals surface area contributed by atoms with E-state index in [2.05, 4.69) is 4.90 Å². The molecule has 1 N–H and O–H groups in total. The van der Waals surface area contributed by atoms with Crippen molar-refractivity contribution in [3.05, 3.63) is 64.8 Å². The zero-order valence-corrected chi connectivity index (χ0v) is 21.4. The molecule has 8 heteroatoms. The Bertz CT molecular complexity index is 1100. The fourth-order valence-corrected chi connectivity index (χ4v) is 4.25. The number of aromatic nitrogens is 2. The average molecular weight is 500 g/mol. The Hall–Kier alpha value is -2.58. The van der Waals surface area contributed by atoms with E-state index in [1.54, 1.807) is 11.8 Å². The Morgan fingerprint density at radius 3 is 2.57 bits per heavy atom. The molecule has 7 nitrogen and oxygen atoms in total. The molecule has 1 aromatic heterocycles. The van der Waals surface area contributed by atoms with Crippen LogP contribution in [0.5, 0.6) is 17.4 Å². The van der Waals surface area contributed by atoms with E-state index in [1.165, 1.54) is 12.8 Å². The summed E-state index contributed by atoms with van der Waals surface area (Å²) in [5.74, 6) is 2.75. The van der Waals surface area contributed by atoms with E-state index in [0.29, 0.717) is 48.9 Å². The molecule has 188 valence electrons. The number of aliphatic hydroxyl groups is 1. The van der Waals surface area contributed by atoms with E-state index in [-0.39, 0.29) is 0 Å². The van der Waals surface area contributed by atoms with Crippen molar-refractivity contribution in [3.63, 3.8) is 0 Å². The van der Waals surface area contributed by atoms with Gasteiger partial charge >= 0.3 is 0 Å².